The lowest BCUT2D eigenvalue weighted by Crippen LogP contribution is -2.57. The van der Waals surface area contributed by atoms with Crippen molar-refractivity contribution in [2.24, 2.45) is 22.9 Å². The van der Waals surface area contributed by atoms with Crippen LogP contribution in [0.15, 0.2) is 0 Å². The average molecular weight is 300 g/mol. The Bertz CT molecular complexity index is 242. The first kappa shape index (κ1) is 18.8. The largest absolute Gasteiger partial charge is 0.330 e. The van der Waals surface area contributed by atoms with Gasteiger partial charge >= 0.3 is 0 Å². The number of hydrogen-bond acceptors (Lipinski definition) is 6. The van der Waals surface area contributed by atoms with E-state index in [1.807, 2.05) is 0 Å². The number of unbranched alkanes of at least 4 members (excludes halogenated alkanes) is 3. The fourth-order valence-corrected chi connectivity index (χ4v) is 2.94. The lowest BCUT2D eigenvalue weighted by molar-refractivity contribution is 0.0651. The van der Waals surface area contributed by atoms with E-state index < -0.39 is 0 Å². The van der Waals surface area contributed by atoms with E-state index in [4.69, 9.17) is 22.9 Å². The van der Waals surface area contributed by atoms with Crippen molar-refractivity contribution in [1.29, 1.82) is 0 Å². The number of nitrogens with zero attached hydrogens (tertiary/aromatic N) is 2. The van der Waals surface area contributed by atoms with Gasteiger partial charge in [-0.1, -0.05) is 12.8 Å². The maximum atomic E-state index is 6.28. The lowest BCUT2D eigenvalue weighted by atomic mass is 10.1. The Morgan fingerprint density at radius 3 is 1.43 bits per heavy atom. The molecule has 0 spiro atoms. The highest BCUT2D eigenvalue weighted by atomic mass is 15.3. The maximum Gasteiger partial charge on any atom is 0.0572 e. The summed E-state index contributed by atoms with van der Waals surface area (Å²) in [6.45, 7) is 5.67. The molecule has 0 aromatic rings. The number of nitrogens with two attached hydrogens (primary N) is 4. The molecule has 1 rings (SSSR count). The van der Waals surface area contributed by atoms with Gasteiger partial charge < -0.3 is 22.9 Å². The summed E-state index contributed by atoms with van der Waals surface area (Å²) in [5.74, 6) is 0. The van der Waals surface area contributed by atoms with Crippen LogP contribution in [-0.4, -0.2) is 61.4 Å². The van der Waals surface area contributed by atoms with Crippen LogP contribution in [0.2, 0.25) is 0 Å². The summed E-state index contributed by atoms with van der Waals surface area (Å²) < 4.78 is 0. The van der Waals surface area contributed by atoms with E-state index in [1.165, 1.54) is 12.8 Å². The minimum Gasteiger partial charge on any atom is -0.330 e. The zero-order valence-electron chi connectivity index (χ0n) is 13.6. The van der Waals surface area contributed by atoms with Crippen molar-refractivity contribution < 1.29 is 0 Å². The minimum absolute atomic E-state index is 0.180. The zero-order valence-corrected chi connectivity index (χ0v) is 13.6. The van der Waals surface area contributed by atoms with Gasteiger partial charge in [-0.2, -0.15) is 0 Å². The summed E-state index contributed by atoms with van der Waals surface area (Å²) in [4.78, 5) is 4.78. The van der Waals surface area contributed by atoms with Crippen molar-refractivity contribution in [3.8, 4) is 0 Å². The monoisotopic (exact) mass is 300 g/mol. The van der Waals surface area contributed by atoms with Gasteiger partial charge in [0.25, 0.3) is 0 Å². The highest BCUT2D eigenvalue weighted by Gasteiger charge is 2.23. The smallest absolute Gasteiger partial charge is 0.0572 e. The predicted molar refractivity (Wildman–Crippen MR) is 89.5 cm³/mol. The van der Waals surface area contributed by atoms with Crippen LogP contribution < -0.4 is 22.9 Å². The van der Waals surface area contributed by atoms with Crippen LogP contribution in [0.4, 0.5) is 0 Å². The number of piperazine rings is 1. The number of hydrogen-bond donors (Lipinski definition) is 4. The Kier molecular flexibility index (Phi) is 10.2. The summed E-state index contributed by atoms with van der Waals surface area (Å²) in [5, 5.41) is 0. The predicted octanol–water partition coefficient (Wildman–Crippen LogP) is -0.178. The second-order valence-electron chi connectivity index (χ2n) is 6.13. The van der Waals surface area contributed by atoms with Gasteiger partial charge in [0.15, 0.2) is 0 Å². The van der Waals surface area contributed by atoms with Crippen LogP contribution in [0.1, 0.15) is 44.9 Å². The van der Waals surface area contributed by atoms with E-state index >= 15 is 0 Å². The molecule has 1 fully saturated rings. The van der Waals surface area contributed by atoms with E-state index in [0.717, 1.165) is 71.4 Å². The van der Waals surface area contributed by atoms with Crippen LogP contribution >= 0.6 is 0 Å². The topological polar surface area (TPSA) is 111 Å². The van der Waals surface area contributed by atoms with E-state index in [2.05, 4.69) is 9.80 Å². The molecule has 21 heavy (non-hydrogen) atoms. The third kappa shape index (κ3) is 7.54. The Morgan fingerprint density at radius 2 is 1.00 bits per heavy atom. The molecular weight excluding hydrogens is 264 g/mol. The Balaban J connectivity index is 2.15. The summed E-state index contributed by atoms with van der Waals surface area (Å²) in [5.41, 5.74) is 23.6. The van der Waals surface area contributed by atoms with Crippen molar-refractivity contribution >= 4 is 0 Å². The van der Waals surface area contributed by atoms with Crippen molar-refractivity contribution in [2.45, 2.75) is 57.3 Å². The lowest BCUT2D eigenvalue weighted by Gasteiger charge is -2.40. The quantitative estimate of drug-likeness (QED) is 0.394. The van der Waals surface area contributed by atoms with E-state index in [9.17, 15) is 0 Å². The Labute approximate surface area is 130 Å². The molecule has 0 aromatic carbocycles. The first-order valence-corrected chi connectivity index (χ1v) is 8.58. The molecule has 0 radical (unpaired) electrons. The van der Waals surface area contributed by atoms with Gasteiger partial charge in [0.2, 0.25) is 0 Å². The highest BCUT2D eigenvalue weighted by molar-refractivity contribution is 4.78. The summed E-state index contributed by atoms with van der Waals surface area (Å²) in [6.07, 6.45) is 8.16. The van der Waals surface area contributed by atoms with Gasteiger partial charge in [-0.3, -0.25) is 9.80 Å². The summed E-state index contributed by atoms with van der Waals surface area (Å²) in [7, 11) is 0. The summed E-state index contributed by atoms with van der Waals surface area (Å²) in [6, 6.07) is 0. The van der Waals surface area contributed by atoms with Crippen LogP contribution in [-0.2, 0) is 0 Å². The van der Waals surface area contributed by atoms with Gasteiger partial charge in [-0.15, -0.1) is 0 Å². The van der Waals surface area contributed by atoms with Crippen LogP contribution in [0.3, 0.4) is 0 Å². The first-order valence-electron chi connectivity index (χ1n) is 8.58. The first-order chi connectivity index (χ1) is 10.2. The molecule has 6 nitrogen and oxygen atoms in total. The third-order valence-electron chi connectivity index (χ3n) is 4.44. The molecule has 2 atom stereocenters. The molecule has 0 bridgehead atoms. The normalized spacial score (nSPS) is 20.6. The van der Waals surface area contributed by atoms with Gasteiger partial charge in [-0.05, 0) is 45.2 Å². The molecule has 8 N–H and O–H groups in total. The Hall–Kier alpha value is -0.240. The van der Waals surface area contributed by atoms with Crippen molar-refractivity contribution in [3.05, 3.63) is 0 Å². The molecule has 0 amide bonds. The second-order valence-corrected chi connectivity index (χ2v) is 6.13. The SMILES string of the molecule is NCCCCCC(N)N1CCN(C(N)CCCCN)CC1. The molecule has 126 valence electrons. The second kappa shape index (κ2) is 11.3. The minimum atomic E-state index is 0.180. The van der Waals surface area contributed by atoms with Crippen molar-refractivity contribution in [3.63, 3.8) is 0 Å². The molecule has 0 aromatic heterocycles. The van der Waals surface area contributed by atoms with E-state index in [-0.39, 0.29) is 12.3 Å². The molecule has 1 saturated heterocycles. The fourth-order valence-electron chi connectivity index (χ4n) is 2.94. The molecule has 1 aliphatic rings. The molecule has 0 aliphatic carbocycles. The van der Waals surface area contributed by atoms with Gasteiger partial charge in [0.1, 0.15) is 0 Å². The molecule has 1 heterocycles. The highest BCUT2D eigenvalue weighted by Crippen LogP contribution is 2.12. The maximum absolute atomic E-state index is 6.28. The molecule has 0 saturated carbocycles. The van der Waals surface area contributed by atoms with Crippen molar-refractivity contribution in [1.82, 2.24) is 9.80 Å². The Morgan fingerprint density at radius 1 is 0.619 bits per heavy atom. The average Bonchev–Trinajstić information content (AvgIpc) is 2.51. The van der Waals surface area contributed by atoms with Gasteiger partial charge in [-0.25, -0.2) is 0 Å². The fraction of sp³-hybridized carbons (Fsp3) is 1.00. The number of rotatable bonds is 11. The van der Waals surface area contributed by atoms with Crippen LogP contribution in [0.5, 0.6) is 0 Å². The molecular formula is C15H36N6. The van der Waals surface area contributed by atoms with E-state index in [0.29, 0.717) is 0 Å². The van der Waals surface area contributed by atoms with Crippen LogP contribution in [0, 0.1) is 0 Å². The standard InChI is InChI=1S/C15H36N6/c16-8-4-1-2-6-14(18)20-10-12-21(13-11-20)15(19)7-3-5-9-17/h14-15H,1-13,16-19H2. The van der Waals surface area contributed by atoms with Crippen LogP contribution in [0.25, 0.3) is 0 Å². The zero-order chi connectivity index (χ0) is 15.5. The molecule has 6 heteroatoms. The molecule has 2 unspecified atom stereocenters. The third-order valence-corrected chi connectivity index (χ3v) is 4.44. The van der Waals surface area contributed by atoms with E-state index in [1.54, 1.807) is 0 Å². The summed E-state index contributed by atoms with van der Waals surface area (Å²) >= 11 is 0. The molecule has 1 aliphatic heterocycles. The van der Waals surface area contributed by atoms with Gasteiger partial charge in [0, 0.05) is 26.2 Å². The van der Waals surface area contributed by atoms with Gasteiger partial charge in [0.05, 0.1) is 12.3 Å². The van der Waals surface area contributed by atoms with Crippen molar-refractivity contribution in [2.75, 3.05) is 39.3 Å².